The summed E-state index contributed by atoms with van der Waals surface area (Å²) in [6.07, 6.45) is 0. The lowest BCUT2D eigenvalue weighted by atomic mass is 10.1. The van der Waals surface area contributed by atoms with E-state index >= 15 is 0 Å². The Kier molecular flexibility index (Phi) is 2.23. The molecular formula is C8H14N2O2S2. The van der Waals surface area contributed by atoms with Crippen molar-refractivity contribution in [2.75, 3.05) is 11.5 Å². The zero-order valence-corrected chi connectivity index (χ0v) is 9.86. The lowest BCUT2D eigenvalue weighted by Gasteiger charge is -2.27. The van der Waals surface area contributed by atoms with E-state index in [1.165, 1.54) is 0 Å². The molecule has 2 aliphatic rings. The Morgan fingerprint density at radius 3 is 2.71 bits per heavy atom. The highest BCUT2D eigenvalue weighted by atomic mass is 32.2. The van der Waals surface area contributed by atoms with Gasteiger partial charge < -0.3 is 10.2 Å². The van der Waals surface area contributed by atoms with Crippen LogP contribution in [0.25, 0.3) is 0 Å². The molecule has 2 aliphatic heterocycles. The highest BCUT2D eigenvalue weighted by Crippen LogP contribution is 2.25. The minimum atomic E-state index is -2.86. The van der Waals surface area contributed by atoms with Crippen LogP contribution in [0.3, 0.4) is 0 Å². The van der Waals surface area contributed by atoms with Crippen LogP contribution in [-0.4, -0.2) is 48.1 Å². The molecule has 0 spiro atoms. The predicted octanol–water partition coefficient (Wildman–Crippen LogP) is -0.249. The van der Waals surface area contributed by atoms with Crippen molar-refractivity contribution in [2.24, 2.45) is 0 Å². The molecule has 0 aliphatic carbocycles. The van der Waals surface area contributed by atoms with Gasteiger partial charge in [0, 0.05) is 6.04 Å². The Bertz CT molecular complexity index is 364. The first kappa shape index (κ1) is 10.2. The molecule has 80 valence electrons. The molecule has 2 unspecified atom stereocenters. The molecule has 0 aromatic heterocycles. The van der Waals surface area contributed by atoms with E-state index in [0.29, 0.717) is 5.11 Å². The van der Waals surface area contributed by atoms with E-state index in [1.807, 2.05) is 18.7 Å². The maximum absolute atomic E-state index is 11.4. The minimum absolute atomic E-state index is 0.00917. The first-order valence-electron chi connectivity index (χ1n) is 4.70. The normalized spacial score (nSPS) is 34.8. The van der Waals surface area contributed by atoms with Crippen molar-refractivity contribution in [2.45, 2.75) is 32.0 Å². The first-order valence-corrected chi connectivity index (χ1v) is 6.93. The molecule has 0 radical (unpaired) electrons. The third-order valence-corrected chi connectivity index (χ3v) is 4.82. The third kappa shape index (κ3) is 1.50. The van der Waals surface area contributed by atoms with Crippen molar-refractivity contribution in [1.82, 2.24) is 10.2 Å². The molecule has 2 atom stereocenters. The topological polar surface area (TPSA) is 49.4 Å². The fourth-order valence-corrected chi connectivity index (χ4v) is 4.64. The van der Waals surface area contributed by atoms with Crippen molar-refractivity contribution in [3.05, 3.63) is 0 Å². The lowest BCUT2D eigenvalue weighted by Crippen LogP contribution is -2.41. The van der Waals surface area contributed by atoms with Gasteiger partial charge in [0.2, 0.25) is 0 Å². The molecule has 2 rings (SSSR count). The SMILES string of the molecule is CC(C)N1C(=S)NC2CS(=O)(=O)CC21. The Hall–Kier alpha value is -0.360. The predicted molar refractivity (Wildman–Crippen MR) is 58.9 cm³/mol. The van der Waals surface area contributed by atoms with E-state index in [4.69, 9.17) is 12.2 Å². The third-order valence-electron chi connectivity index (χ3n) is 2.78. The molecule has 1 N–H and O–H groups in total. The van der Waals surface area contributed by atoms with E-state index in [9.17, 15) is 8.42 Å². The lowest BCUT2D eigenvalue weighted by molar-refractivity contribution is 0.300. The number of sulfone groups is 1. The number of nitrogens with one attached hydrogen (secondary N) is 1. The van der Waals surface area contributed by atoms with Gasteiger partial charge in [-0.05, 0) is 26.1 Å². The minimum Gasteiger partial charge on any atom is -0.357 e. The van der Waals surface area contributed by atoms with Crippen molar-refractivity contribution in [1.29, 1.82) is 0 Å². The Morgan fingerprint density at radius 2 is 2.14 bits per heavy atom. The van der Waals surface area contributed by atoms with Crippen LogP contribution in [0.5, 0.6) is 0 Å². The van der Waals surface area contributed by atoms with E-state index in [0.717, 1.165) is 0 Å². The van der Waals surface area contributed by atoms with Gasteiger partial charge in [0.05, 0.1) is 23.6 Å². The fraction of sp³-hybridized carbons (Fsp3) is 0.875. The summed E-state index contributed by atoms with van der Waals surface area (Å²) in [5.41, 5.74) is 0. The second-order valence-electron chi connectivity index (χ2n) is 4.20. The summed E-state index contributed by atoms with van der Waals surface area (Å²) in [5.74, 6) is 0.462. The van der Waals surface area contributed by atoms with E-state index in [2.05, 4.69) is 5.32 Å². The molecule has 2 fully saturated rings. The summed E-state index contributed by atoms with van der Waals surface area (Å²) in [6.45, 7) is 4.06. The molecule has 6 heteroatoms. The largest absolute Gasteiger partial charge is 0.357 e. The first-order chi connectivity index (χ1) is 6.41. The average molecular weight is 234 g/mol. The van der Waals surface area contributed by atoms with Crippen molar-refractivity contribution in [3.63, 3.8) is 0 Å². The van der Waals surface area contributed by atoms with Crippen LogP contribution < -0.4 is 5.32 Å². The molecule has 4 nitrogen and oxygen atoms in total. The van der Waals surface area contributed by atoms with Crippen LogP contribution >= 0.6 is 12.2 Å². The maximum atomic E-state index is 11.4. The Labute approximate surface area is 89.6 Å². The molecule has 2 saturated heterocycles. The van der Waals surface area contributed by atoms with Gasteiger partial charge in [-0.15, -0.1) is 0 Å². The van der Waals surface area contributed by atoms with Gasteiger partial charge in [-0.2, -0.15) is 0 Å². The van der Waals surface area contributed by atoms with Crippen molar-refractivity contribution >= 4 is 27.2 Å². The van der Waals surface area contributed by atoms with Crippen LogP contribution in [0, 0.1) is 0 Å². The van der Waals surface area contributed by atoms with Crippen LogP contribution in [0.1, 0.15) is 13.8 Å². The quantitative estimate of drug-likeness (QED) is 0.634. The summed E-state index contributed by atoms with van der Waals surface area (Å²) < 4.78 is 22.8. The summed E-state index contributed by atoms with van der Waals surface area (Å²) in [7, 11) is -2.86. The van der Waals surface area contributed by atoms with Crippen LogP contribution in [-0.2, 0) is 9.84 Å². The van der Waals surface area contributed by atoms with Gasteiger partial charge >= 0.3 is 0 Å². The number of hydrogen-bond acceptors (Lipinski definition) is 3. The molecular weight excluding hydrogens is 220 g/mol. The van der Waals surface area contributed by atoms with E-state index in [-0.39, 0.29) is 29.6 Å². The number of rotatable bonds is 1. The maximum Gasteiger partial charge on any atom is 0.169 e. The molecule has 0 amide bonds. The highest BCUT2D eigenvalue weighted by molar-refractivity contribution is 7.91. The average Bonchev–Trinajstić information content (AvgIpc) is 2.37. The van der Waals surface area contributed by atoms with Gasteiger partial charge in [-0.3, -0.25) is 0 Å². The summed E-state index contributed by atoms with van der Waals surface area (Å²) in [4.78, 5) is 2.00. The molecule has 0 saturated carbocycles. The summed E-state index contributed by atoms with van der Waals surface area (Å²) in [5, 5.41) is 3.78. The number of hydrogen-bond donors (Lipinski definition) is 1. The zero-order chi connectivity index (χ0) is 10.5. The summed E-state index contributed by atoms with van der Waals surface area (Å²) in [6, 6.07) is 0.320. The van der Waals surface area contributed by atoms with Gasteiger partial charge in [-0.25, -0.2) is 8.42 Å². The smallest absolute Gasteiger partial charge is 0.169 e. The van der Waals surface area contributed by atoms with Crippen molar-refractivity contribution in [3.8, 4) is 0 Å². The van der Waals surface area contributed by atoms with Crippen LogP contribution in [0.2, 0.25) is 0 Å². The molecule has 0 aromatic rings. The van der Waals surface area contributed by atoms with Crippen LogP contribution in [0.4, 0.5) is 0 Å². The summed E-state index contributed by atoms with van der Waals surface area (Å²) >= 11 is 5.17. The molecule has 0 bridgehead atoms. The van der Waals surface area contributed by atoms with Gasteiger partial charge in [0.15, 0.2) is 14.9 Å². The standard InChI is InChI=1S/C8H14N2O2S2/c1-5(2)10-7-4-14(11,12)3-6(7)9-8(10)13/h5-7H,3-4H2,1-2H3,(H,9,13). The monoisotopic (exact) mass is 234 g/mol. The van der Waals surface area contributed by atoms with Gasteiger partial charge in [0.1, 0.15) is 0 Å². The second-order valence-corrected chi connectivity index (χ2v) is 6.74. The van der Waals surface area contributed by atoms with Gasteiger partial charge in [-0.1, -0.05) is 0 Å². The Balaban J connectivity index is 2.26. The highest BCUT2D eigenvalue weighted by Gasteiger charge is 2.47. The molecule has 14 heavy (non-hydrogen) atoms. The number of fused-ring (bicyclic) bond motifs is 1. The molecule has 2 heterocycles. The number of thiocarbonyl (C=S) groups is 1. The van der Waals surface area contributed by atoms with Crippen molar-refractivity contribution < 1.29 is 8.42 Å². The van der Waals surface area contributed by atoms with Gasteiger partial charge in [0.25, 0.3) is 0 Å². The Morgan fingerprint density at radius 1 is 1.50 bits per heavy atom. The fourth-order valence-electron chi connectivity index (χ4n) is 2.24. The molecule has 0 aromatic carbocycles. The van der Waals surface area contributed by atoms with E-state index < -0.39 is 9.84 Å². The number of nitrogens with zero attached hydrogens (tertiary/aromatic N) is 1. The van der Waals surface area contributed by atoms with Crippen LogP contribution in [0.15, 0.2) is 0 Å². The van der Waals surface area contributed by atoms with E-state index in [1.54, 1.807) is 0 Å². The second kappa shape index (κ2) is 3.06. The zero-order valence-electron chi connectivity index (χ0n) is 8.23.